The third kappa shape index (κ3) is 3.99. The summed E-state index contributed by atoms with van der Waals surface area (Å²) in [7, 11) is 0. The molecule has 2 heterocycles. The van der Waals surface area contributed by atoms with Gasteiger partial charge < -0.3 is 9.64 Å². The fourth-order valence-corrected chi connectivity index (χ4v) is 2.99. The third-order valence-corrected chi connectivity index (χ3v) is 4.18. The van der Waals surface area contributed by atoms with Crippen molar-refractivity contribution in [1.29, 1.82) is 0 Å². The second kappa shape index (κ2) is 7.23. The number of anilines is 1. The number of nitrogens with zero attached hydrogens (tertiary/aromatic N) is 3. The van der Waals surface area contributed by atoms with E-state index in [4.69, 9.17) is 4.74 Å². The van der Waals surface area contributed by atoms with E-state index in [1.165, 1.54) is 12.1 Å². The molecule has 2 amide bonds. The van der Waals surface area contributed by atoms with E-state index in [2.05, 4.69) is 10.4 Å². The van der Waals surface area contributed by atoms with Crippen molar-refractivity contribution in [2.75, 3.05) is 18.4 Å². The van der Waals surface area contributed by atoms with Crippen LogP contribution in [-0.4, -0.2) is 39.9 Å². The number of carbonyl (C=O) groups excluding carboxylic acids is 1. The molecular formula is C18H23FN4O2. The van der Waals surface area contributed by atoms with E-state index >= 15 is 0 Å². The Bertz CT molecular complexity index is 729. The number of carbonyl (C=O) groups is 1. The van der Waals surface area contributed by atoms with Crippen LogP contribution in [0.1, 0.15) is 38.5 Å². The maximum Gasteiger partial charge on any atom is 0.323 e. The molecule has 0 bridgehead atoms. The SMILES string of the molecule is CC(C)n1nccc1NC(=O)N1C[C@H](C)O[C@@H](c2ccc(F)cc2)C1. The predicted octanol–water partition coefficient (Wildman–Crippen LogP) is 3.60. The van der Waals surface area contributed by atoms with Gasteiger partial charge in [0.1, 0.15) is 17.7 Å². The zero-order valence-corrected chi connectivity index (χ0v) is 14.6. The molecule has 0 saturated carbocycles. The standard InChI is InChI=1S/C18H23FN4O2/c1-12(2)23-17(8-9-20-23)21-18(24)22-10-13(3)25-16(11-22)14-4-6-15(19)7-5-14/h4-9,12-13,16H,10-11H2,1-3H3,(H,21,24)/t13-,16+/m0/s1. The minimum atomic E-state index is -0.288. The quantitative estimate of drug-likeness (QED) is 0.924. The Morgan fingerprint density at radius 1 is 1.28 bits per heavy atom. The maximum absolute atomic E-state index is 13.1. The smallest absolute Gasteiger partial charge is 0.323 e. The van der Waals surface area contributed by atoms with Gasteiger partial charge in [-0.3, -0.25) is 5.32 Å². The lowest BCUT2D eigenvalue weighted by molar-refractivity contribution is -0.0643. The largest absolute Gasteiger partial charge is 0.367 e. The molecule has 0 unspecified atom stereocenters. The maximum atomic E-state index is 13.1. The van der Waals surface area contributed by atoms with Crippen molar-refractivity contribution in [3.05, 3.63) is 47.9 Å². The van der Waals surface area contributed by atoms with Crippen LogP contribution in [-0.2, 0) is 4.74 Å². The highest BCUT2D eigenvalue weighted by molar-refractivity contribution is 5.88. The fraction of sp³-hybridized carbons (Fsp3) is 0.444. The van der Waals surface area contributed by atoms with Gasteiger partial charge in [-0.2, -0.15) is 5.10 Å². The molecule has 134 valence electrons. The van der Waals surface area contributed by atoms with E-state index in [-0.39, 0.29) is 30.1 Å². The van der Waals surface area contributed by atoms with Crippen molar-refractivity contribution in [2.45, 2.75) is 39.0 Å². The Kier molecular flexibility index (Phi) is 5.03. The number of urea groups is 1. The van der Waals surface area contributed by atoms with Crippen LogP contribution in [0.15, 0.2) is 36.5 Å². The molecule has 1 saturated heterocycles. The summed E-state index contributed by atoms with van der Waals surface area (Å²) in [6.07, 6.45) is 1.29. The topological polar surface area (TPSA) is 59.4 Å². The molecule has 1 aromatic carbocycles. The normalized spacial score (nSPS) is 20.8. The molecular weight excluding hydrogens is 323 g/mol. The summed E-state index contributed by atoms with van der Waals surface area (Å²) in [4.78, 5) is 14.4. The van der Waals surface area contributed by atoms with Crippen LogP contribution in [0.4, 0.5) is 15.0 Å². The first kappa shape index (κ1) is 17.4. The molecule has 7 heteroatoms. The van der Waals surface area contributed by atoms with Gasteiger partial charge in [-0.1, -0.05) is 12.1 Å². The Morgan fingerprint density at radius 3 is 2.68 bits per heavy atom. The molecule has 0 spiro atoms. The average molecular weight is 346 g/mol. The van der Waals surface area contributed by atoms with E-state index in [9.17, 15) is 9.18 Å². The van der Waals surface area contributed by atoms with Gasteiger partial charge in [0.15, 0.2) is 0 Å². The average Bonchev–Trinajstić information content (AvgIpc) is 3.03. The molecule has 0 aliphatic carbocycles. The lowest BCUT2D eigenvalue weighted by Gasteiger charge is -2.37. The molecule has 1 fully saturated rings. The first-order valence-corrected chi connectivity index (χ1v) is 8.44. The Balaban J connectivity index is 1.71. The van der Waals surface area contributed by atoms with E-state index in [1.54, 1.807) is 34.0 Å². The highest BCUT2D eigenvalue weighted by atomic mass is 19.1. The van der Waals surface area contributed by atoms with Gasteiger partial charge in [-0.25, -0.2) is 13.9 Å². The second-order valence-corrected chi connectivity index (χ2v) is 6.58. The van der Waals surface area contributed by atoms with Gasteiger partial charge in [-0.05, 0) is 38.5 Å². The lowest BCUT2D eigenvalue weighted by Crippen LogP contribution is -2.47. The van der Waals surface area contributed by atoms with Crippen molar-refractivity contribution < 1.29 is 13.9 Å². The summed E-state index contributed by atoms with van der Waals surface area (Å²) in [6, 6.07) is 7.95. The third-order valence-electron chi connectivity index (χ3n) is 4.18. The number of halogens is 1. The van der Waals surface area contributed by atoms with Crippen molar-refractivity contribution in [1.82, 2.24) is 14.7 Å². The van der Waals surface area contributed by atoms with Gasteiger partial charge in [0, 0.05) is 18.7 Å². The van der Waals surface area contributed by atoms with Crippen LogP contribution in [0.3, 0.4) is 0 Å². The number of rotatable bonds is 3. The number of nitrogens with one attached hydrogen (secondary N) is 1. The van der Waals surface area contributed by atoms with Crippen LogP contribution in [0.25, 0.3) is 0 Å². The number of amides is 2. The van der Waals surface area contributed by atoms with Crippen LogP contribution in [0.2, 0.25) is 0 Å². The summed E-state index contributed by atoms with van der Waals surface area (Å²) in [5.74, 6) is 0.377. The minimum Gasteiger partial charge on any atom is -0.367 e. The Labute approximate surface area is 146 Å². The van der Waals surface area contributed by atoms with E-state index < -0.39 is 0 Å². The molecule has 3 rings (SSSR count). The van der Waals surface area contributed by atoms with Crippen molar-refractivity contribution in [3.63, 3.8) is 0 Å². The van der Waals surface area contributed by atoms with Gasteiger partial charge in [0.05, 0.1) is 18.8 Å². The predicted molar refractivity (Wildman–Crippen MR) is 92.9 cm³/mol. The molecule has 1 aliphatic heterocycles. The van der Waals surface area contributed by atoms with Crippen molar-refractivity contribution in [2.24, 2.45) is 0 Å². The highest BCUT2D eigenvalue weighted by Crippen LogP contribution is 2.26. The number of benzene rings is 1. The Hall–Kier alpha value is -2.41. The molecule has 25 heavy (non-hydrogen) atoms. The van der Waals surface area contributed by atoms with Crippen LogP contribution < -0.4 is 5.32 Å². The minimum absolute atomic E-state index is 0.107. The van der Waals surface area contributed by atoms with Crippen LogP contribution >= 0.6 is 0 Å². The monoisotopic (exact) mass is 346 g/mol. The lowest BCUT2D eigenvalue weighted by atomic mass is 10.1. The van der Waals surface area contributed by atoms with E-state index in [0.717, 1.165) is 5.56 Å². The number of aromatic nitrogens is 2. The summed E-state index contributed by atoms with van der Waals surface area (Å²) < 4.78 is 20.8. The van der Waals surface area contributed by atoms with Crippen LogP contribution in [0.5, 0.6) is 0 Å². The van der Waals surface area contributed by atoms with E-state index in [1.807, 2.05) is 20.8 Å². The zero-order chi connectivity index (χ0) is 18.0. The van der Waals surface area contributed by atoms with Gasteiger partial charge in [-0.15, -0.1) is 0 Å². The van der Waals surface area contributed by atoms with Crippen molar-refractivity contribution >= 4 is 11.8 Å². The molecule has 2 aromatic rings. The molecule has 0 radical (unpaired) electrons. The van der Waals surface area contributed by atoms with E-state index in [0.29, 0.717) is 18.9 Å². The number of morpholine rings is 1. The molecule has 1 aliphatic rings. The number of hydrogen-bond acceptors (Lipinski definition) is 3. The van der Waals surface area contributed by atoms with Gasteiger partial charge >= 0.3 is 6.03 Å². The number of hydrogen-bond donors (Lipinski definition) is 1. The number of ether oxygens (including phenoxy) is 1. The van der Waals surface area contributed by atoms with Gasteiger partial charge in [0.25, 0.3) is 0 Å². The summed E-state index contributed by atoms with van der Waals surface area (Å²) in [5.41, 5.74) is 0.859. The van der Waals surface area contributed by atoms with Crippen LogP contribution in [0, 0.1) is 5.82 Å². The van der Waals surface area contributed by atoms with Gasteiger partial charge in [0.2, 0.25) is 0 Å². The molecule has 6 nitrogen and oxygen atoms in total. The second-order valence-electron chi connectivity index (χ2n) is 6.58. The Morgan fingerprint density at radius 2 is 2.00 bits per heavy atom. The summed E-state index contributed by atoms with van der Waals surface area (Å²) in [6.45, 7) is 6.85. The molecule has 1 N–H and O–H groups in total. The highest BCUT2D eigenvalue weighted by Gasteiger charge is 2.30. The van der Waals surface area contributed by atoms with Crippen molar-refractivity contribution in [3.8, 4) is 0 Å². The summed E-state index contributed by atoms with van der Waals surface area (Å²) in [5, 5.41) is 7.14. The fourth-order valence-electron chi connectivity index (χ4n) is 2.99. The molecule has 1 aromatic heterocycles. The first-order chi connectivity index (χ1) is 11.9. The zero-order valence-electron chi connectivity index (χ0n) is 14.6. The summed E-state index contributed by atoms with van der Waals surface area (Å²) >= 11 is 0. The first-order valence-electron chi connectivity index (χ1n) is 8.44. The molecule has 2 atom stereocenters.